The molecule has 8 heteroatoms. The first-order chi connectivity index (χ1) is 33.9. The SMILES string of the molecule is CC(C)(C)c1ccc2c(c1)Sc1cc(N(c3ccccc3)c3ccccc3)cc3c1B2c1cc2c(cc1O3)Oc1cc(N(c3ccccc3)c3ccccc3)cc3c1B2c1ccc(C(C)(C)C)cc1S3. The predicted molar refractivity (Wildman–Crippen MR) is 297 cm³/mol. The lowest BCUT2D eigenvalue weighted by atomic mass is 9.32. The molecular formula is C62H50B2N2O2S2. The van der Waals surface area contributed by atoms with Gasteiger partial charge in [0, 0.05) is 60.5 Å². The maximum Gasteiger partial charge on any atom is 0.253 e. The lowest BCUT2D eigenvalue weighted by Gasteiger charge is -2.38. The van der Waals surface area contributed by atoms with Crippen LogP contribution in [0, 0.1) is 0 Å². The van der Waals surface area contributed by atoms with E-state index in [1.54, 1.807) is 0 Å². The lowest BCUT2D eigenvalue weighted by Crippen LogP contribution is -2.62. The fraction of sp³-hybridized carbons (Fsp3) is 0.129. The van der Waals surface area contributed by atoms with Gasteiger partial charge in [0.05, 0.1) is 11.4 Å². The van der Waals surface area contributed by atoms with Crippen molar-refractivity contribution in [3.8, 4) is 23.0 Å². The zero-order valence-corrected chi connectivity index (χ0v) is 41.8. The third kappa shape index (κ3) is 7.17. The second-order valence-electron chi connectivity index (χ2n) is 20.9. The third-order valence-corrected chi connectivity index (χ3v) is 16.6. The quantitative estimate of drug-likeness (QED) is 0.154. The minimum absolute atomic E-state index is 0.00624. The first-order valence-electron chi connectivity index (χ1n) is 24.3. The van der Waals surface area contributed by atoms with Gasteiger partial charge in [-0.1, -0.05) is 179 Å². The van der Waals surface area contributed by atoms with Gasteiger partial charge >= 0.3 is 0 Å². The summed E-state index contributed by atoms with van der Waals surface area (Å²) in [7, 11) is 0. The van der Waals surface area contributed by atoms with E-state index in [-0.39, 0.29) is 24.3 Å². The van der Waals surface area contributed by atoms with Crippen molar-refractivity contribution in [3.63, 3.8) is 0 Å². The van der Waals surface area contributed by atoms with Crippen LogP contribution in [0.3, 0.4) is 0 Å². The first kappa shape index (κ1) is 43.1. The summed E-state index contributed by atoms with van der Waals surface area (Å²) < 4.78 is 14.6. The largest absolute Gasteiger partial charge is 0.458 e. The molecule has 0 atom stereocenters. The standard InChI is InChI=1S/C62H50B2N2O2S2/c1-61(2,3)39-27-29-47-55(31-39)69-57-35-45(65(41-19-11-7-12-20-41)42-21-13-8-14-22-42)33-53-59(57)63(47)49-37-50-52(38-51(49)67-53)68-54-34-46(66(43-23-15-9-16-24-43)44-25-17-10-18-26-44)36-58-60(54)64(50)48-30-28-40(62(4,5)6)32-56(48)70-58/h7-38H,1-6H3. The Balaban J connectivity index is 1.02. The molecule has 4 aliphatic heterocycles. The number of fused-ring (bicyclic) bond motifs is 8. The summed E-state index contributed by atoms with van der Waals surface area (Å²) in [5.74, 6) is 3.39. The van der Waals surface area contributed by atoms with Gasteiger partial charge in [0.15, 0.2) is 0 Å². The minimum Gasteiger partial charge on any atom is -0.458 e. The maximum absolute atomic E-state index is 7.31. The first-order valence-corrected chi connectivity index (χ1v) is 25.9. The van der Waals surface area contributed by atoms with Crippen LogP contribution in [0.2, 0.25) is 0 Å². The Morgan fingerprint density at radius 3 is 1.03 bits per heavy atom. The molecule has 0 spiro atoms. The average Bonchev–Trinajstić information content (AvgIpc) is 3.36. The Labute approximate surface area is 420 Å². The number of ether oxygens (including phenoxy) is 2. The van der Waals surface area contributed by atoms with Gasteiger partial charge in [0.25, 0.3) is 13.4 Å². The normalized spacial score (nSPS) is 13.6. The third-order valence-electron chi connectivity index (χ3n) is 14.4. The van der Waals surface area contributed by atoms with Crippen LogP contribution >= 0.6 is 23.5 Å². The average molecular weight is 941 g/mol. The summed E-state index contributed by atoms with van der Waals surface area (Å²) in [6.45, 7) is 13.7. The summed E-state index contributed by atoms with van der Waals surface area (Å²) >= 11 is 3.74. The van der Waals surface area contributed by atoms with Crippen molar-refractivity contribution in [2.45, 2.75) is 72.0 Å². The van der Waals surface area contributed by atoms with E-state index in [0.29, 0.717) is 0 Å². The topological polar surface area (TPSA) is 24.9 Å². The molecule has 9 aromatic carbocycles. The number of hydrogen-bond acceptors (Lipinski definition) is 6. The highest BCUT2D eigenvalue weighted by Crippen LogP contribution is 2.47. The number of benzene rings is 9. The molecule has 0 unspecified atom stereocenters. The number of anilines is 6. The Hall–Kier alpha value is -6.99. The second-order valence-corrected chi connectivity index (χ2v) is 23.1. The Morgan fingerprint density at radius 2 is 0.686 bits per heavy atom. The molecule has 0 bridgehead atoms. The molecule has 13 rings (SSSR count). The molecule has 70 heavy (non-hydrogen) atoms. The summed E-state index contributed by atoms with van der Waals surface area (Å²) in [5, 5.41) is 0. The molecule has 0 aliphatic carbocycles. The van der Waals surface area contributed by atoms with Crippen LogP contribution in [0.1, 0.15) is 52.7 Å². The van der Waals surface area contributed by atoms with E-state index in [4.69, 9.17) is 9.47 Å². The Kier molecular flexibility index (Phi) is 10.0. The Morgan fingerprint density at radius 1 is 0.329 bits per heavy atom. The highest BCUT2D eigenvalue weighted by atomic mass is 32.2. The monoisotopic (exact) mass is 940 g/mol. The van der Waals surface area contributed by atoms with Crippen molar-refractivity contribution in [2.24, 2.45) is 0 Å². The molecule has 0 saturated heterocycles. The molecule has 4 aliphatic rings. The summed E-state index contributed by atoms with van der Waals surface area (Å²) in [6, 6.07) is 70.8. The van der Waals surface area contributed by atoms with Gasteiger partial charge in [-0.3, -0.25) is 0 Å². The molecule has 4 nitrogen and oxygen atoms in total. The highest BCUT2D eigenvalue weighted by Gasteiger charge is 2.45. The zero-order chi connectivity index (χ0) is 47.5. The predicted octanol–water partition coefficient (Wildman–Crippen LogP) is 13.4. The van der Waals surface area contributed by atoms with Crippen molar-refractivity contribution in [2.75, 3.05) is 9.80 Å². The van der Waals surface area contributed by atoms with Gasteiger partial charge in [-0.05, 0) is 117 Å². The van der Waals surface area contributed by atoms with Gasteiger partial charge in [0.2, 0.25) is 0 Å². The molecule has 0 saturated carbocycles. The molecule has 338 valence electrons. The molecule has 0 radical (unpaired) electrons. The van der Waals surface area contributed by atoms with Crippen molar-refractivity contribution in [1.29, 1.82) is 0 Å². The van der Waals surface area contributed by atoms with Crippen LogP contribution < -0.4 is 52.1 Å². The smallest absolute Gasteiger partial charge is 0.253 e. The summed E-state index contributed by atoms with van der Waals surface area (Å²) in [5.41, 5.74) is 16.5. The maximum atomic E-state index is 7.31. The van der Waals surface area contributed by atoms with Gasteiger partial charge in [-0.2, -0.15) is 0 Å². The van der Waals surface area contributed by atoms with Gasteiger partial charge in [-0.15, -0.1) is 0 Å². The Bertz CT molecular complexity index is 3230. The molecule has 0 aromatic heterocycles. The number of nitrogens with zero attached hydrogens (tertiary/aromatic N) is 2. The van der Waals surface area contributed by atoms with Gasteiger partial charge < -0.3 is 19.3 Å². The molecule has 0 N–H and O–H groups in total. The van der Waals surface area contributed by atoms with Crippen molar-refractivity contribution >= 4 is 104 Å². The second kappa shape index (κ2) is 16.3. The number of hydrogen-bond donors (Lipinski definition) is 0. The molecule has 4 heterocycles. The minimum atomic E-state index is -0.0467. The summed E-state index contributed by atoms with van der Waals surface area (Å²) in [4.78, 5) is 9.68. The van der Waals surface area contributed by atoms with E-state index < -0.39 is 0 Å². The fourth-order valence-electron chi connectivity index (χ4n) is 10.9. The zero-order valence-electron chi connectivity index (χ0n) is 40.2. The van der Waals surface area contributed by atoms with Gasteiger partial charge in [-0.25, -0.2) is 0 Å². The summed E-state index contributed by atoms with van der Waals surface area (Å²) in [6.07, 6.45) is 0. The molecule has 9 aromatic rings. The molecule has 0 fully saturated rings. The van der Waals surface area contributed by atoms with Crippen LogP contribution in [0.5, 0.6) is 23.0 Å². The lowest BCUT2D eigenvalue weighted by molar-refractivity contribution is 0.464. The van der Waals surface area contributed by atoms with Crippen LogP contribution in [0.25, 0.3) is 0 Å². The van der Waals surface area contributed by atoms with Crippen LogP contribution in [0.4, 0.5) is 34.1 Å². The van der Waals surface area contributed by atoms with E-state index in [1.807, 2.05) is 23.5 Å². The van der Waals surface area contributed by atoms with Crippen LogP contribution in [-0.2, 0) is 10.8 Å². The van der Waals surface area contributed by atoms with E-state index in [2.05, 4.69) is 245 Å². The van der Waals surface area contributed by atoms with E-state index in [9.17, 15) is 0 Å². The van der Waals surface area contributed by atoms with E-state index >= 15 is 0 Å². The molecule has 0 amide bonds. The number of para-hydroxylation sites is 4. The number of rotatable bonds is 6. The highest BCUT2D eigenvalue weighted by molar-refractivity contribution is 8.00. The van der Waals surface area contributed by atoms with E-state index in [1.165, 1.54) is 63.5 Å². The van der Waals surface area contributed by atoms with Crippen LogP contribution in [-0.4, -0.2) is 13.4 Å². The molecular weight excluding hydrogens is 890 g/mol. The van der Waals surface area contributed by atoms with Crippen LogP contribution in [0.15, 0.2) is 214 Å². The van der Waals surface area contributed by atoms with E-state index in [0.717, 1.165) is 57.1 Å². The van der Waals surface area contributed by atoms with Crippen molar-refractivity contribution in [1.82, 2.24) is 0 Å². The van der Waals surface area contributed by atoms with Crippen molar-refractivity contribution < 1.29 is 9.47 Å². The fourth-order valence-corrected chi connectivity index (χ4v) is 13.3. The van der Waals surface area contributed by atoms with Crippen molar-refractivity contribution in [3.05, 3.63) is 205 Å². The van der Waals surface area contributed by atoms with Gasteiger partial charge in [0.1, 0.15) is 23.0 Å².